The molecule has 2 aromatic carbocycles. The molecule has 2 N–H and O–H groups in total. The van der Waals surface area contributed by atoms with Gasteiger partial charge in [-0.25, -0.2) is 0 Å². The summed E-state index contributed by atoms with van der Waals surface area (Å²) >= 11 is 0. The summed E-state index contributed by atoms with van der Waals surface area (Å²) in [6.07, 6.45) is 0.993. The fraction of sp³-hybridized carbons (Fsp3) is 0.250. The molecule has 1 atom stereocenters. The molecule has 6 nitrogen and oxygen atoms in total. The number of ether oxygens (including phenoxy) is 2. The normalized spacial score (nSPS) is 12.1. The number of hydrogen-bond acceptors (Lipinski definition) is 4. The van der Waals surface area contributed by atoms with E-state index in [9.17, 15) is 5.11 Å². The Morgan fingerprint density at radius 3 is 2.35 bits per heavy atom. The third-order valence-electron chi connectivity index (χ3n) is 4.18. The van der Waals surface area contributed by atoms with Crippen molar-refractivity contribution in [3.8, 4) is 11.5 Å². The molecule has 0 saturated heterocycles. The van der Waals surface area contributed by atoms with Crippen LogP contribution in [0.4, 0.5) is 0 Å². The van der Waals surface area contributed by atoms with E-state index in [0.717, 1.165) is 11.0 Å². The van der Waals surface area contributed by atoms with Gasteiger partial charge in [-0.2, -0.15) is 0 Å². The van der Waals surface area contributed by atoms with E-state index in [1.54, 1.807) is 29.9 Å². The van der Waals surface area contributed by atoms with Crippen LogP contribution in [0.3, 0.4) is 0 Å². The topological polar surface area (TPSA) is 72.4 Å². The molecule has 0 amide bonds. The van der Waals surface area contributed by atoms with E-state index < -0.39 is 6.10 Å². The van der Waals surface area contributed by atoms with Crippen LogP contribution < -0.4 is 15.1 Å². The van der Waals surface area contributed by atoms with E-state index in [1.165, 1.54) is 0 Å². The SMILES string of the molecule is C=CCn1c(=N)n(C[C@H](O)COc2ccccc2OC)c2ccccc21. The first-order valence-corrected chi connectivity index (χ1v) is 8.43. The Bertz CT molecular complexity index is 958. The lowest BCUT2D eigenvalue weighted by molar-refractivity contribution is 0.0906. The Balaban J connectivity index is 1.79. The zero-order valence-electron chi connectivity index (χ0n) is 14.8. The largest absolute Gasteiger partial charge is 0.493 e. The van der Waals surface area contributed by atoms with E-state index in [-0.39, 0.29) is 13.2 Å². The standard InChI is InChI=1S/C20H23N3O3/c1-3-12-22-16-8-4-5-9-17(16)23(20(22)21)13-15(24)14-26-19-11-7-6-10-18(19)25-2/h3-11,15,21,24H,1,12-14H2,2H3/t15-/m0/s1. The molecule has 0 aliphatic rings. The van der Waals surface area contributed by atoms with Crippen molar-refractivity contribution >= 4 is 11.0 Å². The van der Waals surface area contributed by atoms with Gasteiger partial charge in [0.1, 0.15) is 12.7 Å². The summed E-state index contributed by atoms with van der Waals surface area (Å²) in [6, 6.07) is 15.1. The maximum atomic E-state index is 10.5. The van der Waals surface area contributed by atoms with Crippen LogP contribution in [0.15, 0.2) is 61.2 Å². The second kappa shape index (κ2) is 7.93. The highest BCUT2D eigenvalue weighted by molar-refractivity contribution is 5.75. The highest BCUT2D eigenvalue weighted by Crippen LogP contribution is 2.25. The molecule has 1 aromatic heterocycles. The Morgan fingerprint density at radius 1 is 1.08 bits per heavy atom. The molecule has 0 bridgehead atoms. The van der Waals surface area contributed by atoms with E-state index in [0.29, 0.717) is 23.7 Å². The number of fused-ring (bicyclic) bond motifs is 1. The maximum Gasteiger partial charge on any atom is 0.203 e. The molecular weight excluding hydrogens is 330 g/mol. The lowest BCUT2D eigenvalue weighted by atomic mass is 10.3. The van der Waals surface area contributed by atoms with Gasteiger partial charge in [-0.3, -0.25) is 5.41 Å². The van der Waals surface area contributed by atoms with Gasteiger partial charge in [0.15, 0.2) is 11.5 Å². The predicted molar refractivity (Wildman–Crippen MR) is 100 cm³/mol. The lowest BCUT2D eigenvalue weighted by Crippen LogP contribution is -2.31. The smallest absolute Gasteiger partial charge is 0.203 e. The van der Waals surface area contributed by atoms with Crippen molar-refractivity contribution < 1.29 is 14.6 Å². The molecule has 136 valence electrons. The van der Waals surface area contributed by atoms with Gasteiger partial charge in [-0.1, -0.05) is 30.3 Å². The maximum absolute atomic E-state index is 10.5. The van der Waals surface area contributed by atoms with E-state index in [2.05, 4.69) is 6.58 Å². The minimum absolute atomic E-state index is 0.105. The zero-order valence-corrected chi connectivity index (χ0v) is 14.8. The van der Waals surface area contributed by atoms with Gasteiger partial charge in [-0.15, -0.1) is 6.58 Å². The van der Waals surface area contributed by atoms with Gasteiger partial charge >= 0.3 is 0 Å². The van der Waals surface area contributed by atoms with Crippen LogP contribution in [0, 0.1) is 5.41 Å². The molecule has 0 radical (unpaired) electrons. The molecule has 3 aromatic rings. The van der Waals surface area contributed by atoms with Crippen molar-refractivity contribution in [1.29, 1.82) is 5.41 Å². The highest BCUT2D eigenvalue weighted by Gasteiger charge is 2.14. The second-order valence-corrected chi connectivity index (χ2v) is 5.94. The van der Waals surface area contributed by atoms with Gasteiger partial charge < -0.3 is 23.7 Å². The first-order valence-electron chi connectivity index (χ1n) is 8.43. The number of methoxy groups -OCH3 is 1. The second-order valence-electron chi connectivity index (χ2n) is 5.94. The third-order valence-corrected chi connectivity index (χ3v) is 4.18. The molecule has 3 rings (SSSR count). The molecule has 0 aliphatic carbocycles. The minimum Gasteiger partial charge on any atom is -0.493 e. The zero-order chi connectivity index (χ0) is 18.5. The van der Waals surface area contributed by atoms with Gasteiger partial charge in [0.05, 0.1) is 24.7 Å². The summed E-state index contributed by atoms with van der Waals surface area (Å²) in [4.78, 5) is 0. The number of allylic oxidation sites excluding steroid dienone is 1. The van der Waals surface area contributed by atoms with Crippen LogP contribution in [0.25, 0.3) is 11.0 Å². The average Bonchev–Trinajstić information content (AvgIpc) is 2.93. The van der Waals surface area contributed by atoms with Crippen LogP contribution in [-0.2, 0) is 13.1 Å². The van der Waals surface area contributed by atoms with Crippen LogP contribution in [0.2, 0.25) is 0 Å². The van der Waals surface area contributed by atoms with Crippen molar-refractivity contribution in [2.75, 3.05) is 13.7 Å². The summed E-state index contributed by atoms with van der Waals surface area (Å²) in [5.74, 6) is 1.20. The van der Waals surface area contributed by atoms with E-state index >= 15 is 0 Å². The lowest BCUT2D eigenvalue weighted by Gasteiger charge is -2.15. The molecule has 1 heterocycles. The Kier molecular flexibility index (Phi) is 5.43. The number of nitrogens with zero attached hydrogens (tertiary/aromatic N) is 2. The van der Waals surface area contributed by atoms with E-state index in [4.69, 9.17) is 14.9 Å². The number of para-hydroxylation sites is 4. The number of aromatic nitrogens is 2. The Morgan fingerprint density at radius 2 is 1.69 bits per heavy atom. The Hall–Kier alpha value is -2.99. The van der Waals surface area contributed by atoms with Gasteiger partial charge in [0, 0.05) is 6.54 Å². The van der Waals surface area contributed by atoms with Crippen molar-refractivity contribution in [3.63, 3.8) is 0 Å². The number of aliphatic hydroxyl groups is 1. The minimum atomic E-state index is -0.767. The van der Waals surface area contributed by atoms with Crippen molar-refractivity contribution in [2.24, 2.45) is 0 Å². The van der Waals surface area contributed by atoms with Crippen LogP contribution in [0.1, 0.15) is 0 Å². The van der Waals surface area contributed by atoms with E-state index in [1.807, 2.05) is 41.0 Å². The van der Waals surface area contributed by atoms with Crippen LogP contribution >= 0.6 is 0 Å². The molecule has 0 fully saturated rings. The fourth-order valence-corrected chi connectivity index (χ4v) is 2.98. The van der Waals surface area contributed by atoms with Gasteiger partial charge in [0.2, 0.25) is 5.62 Å². The molecule has 6 heteroatoms. The summed E-state index contributed by atoms with van der Waals surface area (Å²) in [5.41, 5.74) is 2.16. The van der Waals surface area contributed by atoms with Gasteiger partial charge in [-0.05, 0) is 24.3 Å². The molecule has 26 heavy (non-hydrogen) atoms. The molecular formula is C20H23N3O3. The number of nitrogens with one attached hydrogen (secondary N) is 1. The number of hydrogen-bond donors (Lipinski definition) is 2. The molecule has 0 aliphatic heterocycles. The summed E-state index contributed by atoms with van der Waals surface area (Å²) in [5, 5.41) is 18.9. The highest BCUT2D eigenvalue weighted by atomic mass is 16.5. The molecule has 0 unspecified atom stereocenters. The average molecular weight is 353 g/mol. The van der Waals surface area contributed by atoms with Crippen LogP contribution in [-0.4, -0.2) is 34.1 Å². The number of benzene rings is 2. The summed E-state index contributed by atoms with van der Waals surface area (Å²) in [6.45, 7) is 4.67. The number of rotatable bonds is 8. The van der Waals surface area contributed by atoms with Crippen LogP contribution in [0.5, 0.6) is 11.5 Å². The first kappa shape index (κ1) is 17.8. The van der Waals surface area contributed by atoms with Crippen molar-refractivity contribution in [1.82, 2.24) is 9.13 Å². The van der Waals surface area contributed by atoms with Crippen molar-refractivity contribution in [3.05, 3.63) is 66.8 Å². The van der Waals surface area contributed by atoms with Gasteiger partial charge in [0.25, 0.3) is 0 Å². The quantitative estimate of drug-likeness (QED) is 0.611. The number of aliphatic hydroxyl groups excluding tert-OH is 1. The summed E-state index contributed by atoms with van der Waals surface area (Å²) < 4.78 is 14.6. The number of imidazole rings is 1. The predicted octanol–water partition coefficient (Wildman–Crippen LogP) is 2.56. The van der Waals surface area contributed by atoms with Crippen molar-refractivity contribution in [2.45, 2.75) is 19.2 Å². The molecule has 0 spiro atoms. The summed E-state index contributed by atoms with van der Waals surface area (Å²) in [7, 11) is 1.58. The third kappa shape index (κ3) is 3.50. The fourth-order valence-electron chi connectivity index (χ4n) is 2.98. The Labute approximate surface area is 152 Å². The molecule has 0 saturated carbocycles. The first-order chi connectivity index (χ1) is 12.7. The monoisotopic (exact) mass is 353 g/mol.